The average Bonchev–Trinajstić information content (AvgIpc) is 2.29. The van der Waals surface area contributed by atoms with E-state index < -0.39 is 0 Å². The molecule has 0 atom stereocenters. The van der Waals surface area contributed by atoms with Gasteiger partial charge >= 0.3 is 5.69 Å². The van der Waals surface area contributed by atoms with Crippen LogP contribution in [0.1, 0.15) is 38.1 Å². The number of nitrogens with zero attached hydrogens (tertiary/aromatic N) is 3. The highest BCUT2D eigenvalue weighted by Gasteiger charge is 2.29. The minimum absolute atomic E-state index is 0.0973. The van der Waals surface area contributed by atoms with Crippen molar-refractivity contribution in [2.75, 3.05) is 13.1 Å². The van der Waals surface area contributed by atoms with E-state index in [1.807, 2.05) is 16.8 Å². The third-order valence-corrected chi connectivity index (χ3v) is 4.21. The van der Waals surface area contributed by atoms with Gasteiger partial charge in [0.15, 0.2) is 0 Å². The zero-order valence-electron chi connectivity index (χ0n) is 10.1. The molecule has 1 aliphatic carbocycles. The van der Waals surface area contributed by atoms with Crippen LogP contribution >= 0.6 is 0 Å². The molecule has 2 fully saturated rings. The predicted molar refractivity (Wildman–Crippen MR) is 66.0 cm³/mol. The summed E-state index contributed by atoms with van der Waals surface area (Å²) >= 11 is 0. The van der Waals surface area contributed by atoms with Crippen LogP contribution in [0.25, 0.3) is 0 Å². The molecule has 2 aliphatic rings. The Balaban J connectivity index is 1.65. The number of hydrogen-bond acceptors (Lipinski definition) is 3. The SMILES string of the molecule is O=c1ncccn1C1CCC(N2CCC2)CC1. The molecule has 1 saturated carbocycles. The third kappa shape index (κ3) is 2.14. The lowest BCUT2D eigenvalue weighted by molar-refractivity contribution is 0.0797. The molecule has 17 heavy (non-hydrogen) atoms. The van der Waals surface area contributed by atoms with Gasteiger partial charge in [0.2, 0.25) is 0 Å². The fourth-order valence-electron chi connectivity index (χ4n) is 3.05. The minimum Gasteiger partial charge on any atom is -0.300 e. The third-order valence-electron chi connectivity index (χ3n) is 4.21. The number of likely N-dealkylation sites (tertiary alicyclic amines) is 1. The molecule has 4 heteroatoms. The second kappa shape index (κ2) is 4.61. The monoisotopic (exact) mass is 233 g/mol. The van der Waals surface area contributed by atoms with Crippen molar-refractivity contribution in [3.8, 4) is 0 Å². The van der Waals surface area contributed by atoms with Gasteiger partial charge in [-0.15, -0.1) is 0 Å². The Morgan fingerprint density at radius 2 is 1.82 bits per heavy atom. The summed E-state index contributed by atoms with van der Waals surface area (Å²) in [4.78, 5) is 18.1. The first-order chi connectivity index (χ1) is 8.34. The highest BCUT2D eigenvalue weighted by atomic mass is 16.1. The van der Waals surface area contributed by atoms with E-state index in [0.29, 0.717) is 6.04 Å². The van der Waals surface area contributed by atoms with Crippen molar-refractivity contribution < 1.29 is 0 Å². The summed E-state index contributed by atoms with van der Waals surface area (Å²) < 4.78 is 1.81. The van der Waals surface area contributed by atoms with E-state index in [2.05, 4.69) is 9.88 Å². The summed E-state index contributed by atoms with van der Waals surface area (Å²) in [6.07, 6.45) is 9.51. The molecule has 0 unspecified atom stereocenters. The van der Waals surface area contributed by atoms with E-state index in [0.717, 1.165) is 18.9 Å². The van der Waals surface area contributed by atoms with E-state index in [9.17, 15) is 4.79 Å². The Bertz CT molecular complexity index is 430. The first-order valence-electron chi connectivity index (χ1n) is 6.62. The van der Waals surface area contributed by atoms with Crippen molar-refractivity contribution >= 4 is 0 Å². The minimum atomic E-state index is -0.0973. The summed E-state index contributed by atoms with van der Waals surface area (Å²) in [7, 11) is 0. The maximum Gasteiger partial charge on any atom is 0.347 e. The predicted octanol–water partition coefficient (Wildman–Crippen LogP) is 1.43. The van der Waals surface area contributed by atoms with E-state index in [1.54, 1.807) is 6.20 Å². The van der Waals surface area contributed by atoms with Gasteiger partial charge in [0.1, 0.15) is 0 Å². The molecule has 0 aromatic carbocycles. The molecule has 2 heterocycles. The summed E-state index contributed by atoms with van der Waals surface area (Å²) in [6, 6.07) is 2.99. The van der Waals surface area contributed by atoms with Gasteiger partial charge in [0, 0.05) is 24.5 Å². The molecule has 0 spiro atoms. The van der Waals surface area contributed by atoms with E-state index in [4.69, 9.17) is 0 Å². The quantitative estimate of drug-likeness (QED) is 0.775. The maximum absolute atomic E-state index is 11.6. The fourth-order valence-corrected chi connectivity index (χ4v) is 3.05. The molecule has 3 rings (SSSR count). The van der Waals surface area contributed by atoms with Crippen LogP contribution in [0.15, 0.2) is 23.3 Å². The highest BCUT2D eigenvalue weighted by molar-refractivity contribution is 4.89. The fraction of sp³-hybridized carbons (Fsp3) is 0.692. The Labute approximate surface area is 101 Å². The summed E-state index contributed by atoms with van der Waals surface area (Å²) in [5.41, 5.74) is -0.0973. The molecule has 0 N–H and O–H groups in total. The molecular weight excluding hydrogens is 214 g/mol. The Morgan fingerprint density at radius 3 is 2.41 bits per heavy atom. The molecule has 92 valence electrons. The van der Waals surface area contributed by atoms with Crippen molar-refractivity contribution in [1.29, 1.82) is 0 Å². The zero-order chi connectivity index (χ0) is 11.7. The van der Waals surface area contributed by atoms with E-state index in [1.165, 1.54) is 32.4 Å². The van der Waals surface area contributed by atoms with Gasteiger partial charge in [0.25, 0.3) is 0 Å². The summed E-state index contributed by atoms with van der Waals surface area (Å²) in [5.74, 6) is 0. The van der Waals surface area contributed by atoms with Crippen LogP contribution in [0, 0.1) is 0 Å². The number of rotatable bonds is 2. The Morgan fingerprint density at radius 1 is 1.12 bits per heavy atom. The molecule has 0 amide bonds. The number of hydrogen-bond donors (Lipinski definition) is 0. The second-order valence-electron chi connectivity index (χ2n) is 5.16. The van der Waals surface area contributed by atoms with E-state index >= 15 is 0 Å². The molecule has 1 aliphatic heterocycles. The van der Waals surface area contributed by atoms with Crippen LogP contribution in [-0.2, 0) is 0 Å². The lowest BCUT2D eigenvalue weighted by Crippen LogP contribution is -2.47. The highest BCUT2D eigenvalue weighted by Crippen LogP contribution is 2.31. The van der Waals surface area contributed by atoms with Crippen molar-refractivity contribution in [1.82, 2.24) is 14.5 Å². The maximum atomic E-state index is 11.6. The lowest BCUT2D eigenvalue weighted by atomic mass is 9.88. The standard InChI is InChI=1S/C13H19N3O/c17-13-14-7-1-10-16(13)12-5-3-11(4-6-12)15-8-2-9-15/h1,7,10-12H,2-6,8-9H2. The van der Waals surface area contributed by atoms with Gasteiger partial charge < -0.3 is 4.90 Å². The smallest absolute Gasteiger partial charge is 0.300 e. The van der Waals surface area contributed by atoms with Gasteiger partial charge in [-0.2, -0.15) is 0 Å². The normalized spacial score (nSPS) is 29.9. The van der Waals surface area contributed by atoms with Gasteiger partial charge in [-0.25, -0.2) is 9.78 Å². The van der Waals surface area contributed by atoms with Gasteiger partial charge in [0.05, 0.1) is 0 Å². The average molecular weight is 233 g/mol. The second-order valence-corrected chi connectivity index (χ2v) is 5.16. The van der Waals surface area contributed by atoms with Crippen LogP contribution < -0.4 is 5.69 Å². The molecule has 0 radical (unpaired) electrons. The van der Waals surface area contributed by atoms with Crippen molar-refractivity contribution in [2.24, 2.45) is 0 Å². The van der Waals surface area contributed by atoms with Crippen LogP contribution in [0.4, 0.5) is 0 Å². The first-order valence-corrected chi connectivity index (χ1v) is 6.62. The van der Waals surface area contributed by atoms with Crippen molar-refractivity contribution in [3.63, 3.8) is 0 Å². The molecule has 1 aromatic heterocycles. The molecule has 1 aromatic rings. The summed E-state index contributed by atoms with van der Waals surface area (Å²) in [6.45, 7) is 2.56. The number of aromatic nitrogens is 2. The van der Waals surface area contributed by atoms with Crippen LogP contribution in [0.2, 0.25) is 0 Å². The zero-order valence-corrected chi connectivity index (χ0v) is 10.1. The Hall–Kier alpha value is -1.16. The van der Waals surface area contributed by atoms with Crippen molar-refractivity contribution in [2.45, 2.75) is 44.2 Å². The molecular formula is C13H19N3O. The summed E-state index contributed by atoms with van der Waals surface area (Å²) in [5, 5.41) is 0. The molecule has 0 bridgehead atoms. The van der Waals surface area contributed by atoms with Crippen LogP contribution in [0.3, 0.4) is 0 Å². The van der Waals surface area contributed by atoms with Crippen molar-refractivity contribution in [3.05, 3.63) is 28.9 Å². The molecule has 4 nitrogen and oxygen atoms in total. The topological polar surface area (TPSA) is 38.1 Å². The van der Waals surface area contributed by atoms with Crippen LogP contribution in [0.5, 0.6) is 0 Å². The largest absolute Gasteiger partial charge is 0.347 e. The lowest BCUT2D eigenvalue weighted by Gasteiger charge is -2.42. The molecule has 1 saturated heterocycles. The van der Waals surface area contributed by atoms with Crippen LogP contribution in [-0.4, -0.2) is 33.6 Å². The van der Waals surface area contributed by atoms with Gasteiger partial charge in [-0.1, -0.05) is 0 Å². The first kappa shape index (κ1) is 11.0. The Kier molecular flexibility index (Phi) is 2.97. The van der Waals surface area contributed by atoms with E-state index in [-0.39, 0.29) is 5.69 Å². The van der Waals surface area contributed by atoms with Gasteiger partial charge in [-0.05, 0) is 51.3 Å². The van der Waals surface area contributed by atoms with Gasteiger partial charge in [-0.3, -0.25) is 4.57 Å².